The number of ether oxygens (including phenoxy) is 3. The average Bonchev–Trinajstić information content (AvgIpc) is 3.39. The number of pyridine rings is 1. The second-order valence-corrected chi connectivity index (χ2v) is 8.43. The molecule has 0 aliphatic carbocycles. The monoisotopic (exact) mass is 516 g/mol. The summed E-state index contributed by atoms with van der Waals surface area (Å²) < 4.78 is 58.6. The fraction of sp³-hybridized carbons (Fsp3) is 0.348. The van der Waals surface area contributed by atoms with E-state index in [1.54, 1.807) is 49.5 Å². The Morgan fingerprint density at radius 1 is 1.14 bits per heavy atom. The van der Waals surface area contributed by atoms with E-state index >= 15 is 0 Å². The van der Waals surface area contributed by atoms with Gasteiger partial charge >= 0.3 is 6.18 Å². The van der Waals surface area contributed by atoms with Gasteiger partial charge in [0, 0.05) is 50.7 Å². The Labute approximate surface area is 209 Å². The molecule has 4 aromatic heterocycles. The topological polar surface area (TPSA) is 114 Å². The predicted molar refractivity (Wildman–Crippen MR) is 126 cm³/mol. The summed E-state index contributed by atoms with van der Waals surface area (Å²) in [4.78, 5) is 13.3. The number of rotatable bonds is 3. The molecule has 14 heteroatoms. The van der Waals surface area contributed by atoms with Gasteiger partial charge in [0.2, 0.25) is 11.8 Å². The van der Waals surface area contributed by atoms with Crippen LogP contribution < -0.4 is 19.5 Å². The first-order chi connectivity index (χ1) is 17.7. The molecule has 1 N–H and O–H groups in total. The number of nitrogens with zero attached hydrogens (tertiary/aromatic N) is 7. The van der Waals surface area contributed by atoms with E-state index in [0.29, 0.717) is 58.8 Å². The quantitative estimate of drug-likeness (QED) is 0.433. The van der Waals surface area contributed by atoms with Gasteiger partial charge in [-0.15, -0.1) is 5.10 Å². The highest BCUT2D eigenvalue weighted by Gasteiger charge is 2.30. The van der Waals surface area contributed by atoms with Crippen molar-refractivity contribution in [1.82, 2.24) is 34.5 Å². The lowest BCUT2D eigenvalue weighted by Gasteiger charge is -2.19. The van der Waals surface area contributed by atoms with Crippen molar-refractivity contribution in [3.8, 4) is 40.0 Å². The van der Waals surface area contributed by atoms with Crippen LogP contribution in [-0.2, 0) is 14.1 Å². The van der Waals surface area contributed by atoms with Crippen LogP contribution in [-0.4, -0.2) is 60.0 Å². The van der Waals surface area contributed by atoms with E-state index in [4.69, 9.17) is 14.2 Å². The number of hydrogen-bond donors (Lipinski definition) is 1. The van der Waals surface area contributed by atoms with Gasteiger partial charge in [-0.1, -0.05) is 0 Å². The van der Waals surface area contributed by atoms with E-state index in [0.717, 1.165) is 0 Å². The van der Waals surface area contributed by atoms with Crippen LogP contribution in [0.4, 0.5) is 24.8 Å². The summed E-state index contributed by atoms with van der Waals surface area (Å²) in [5.74, 6) is 2.02. The molecule has 5 heterocycles. The minimum absolute atomic E-state index is 0.179. The summed E-state index contributed by atoms with van der Waals surface area (Å²) in [7, 11) is 3.35. The summed E-state index contributed by atoms with van der Waals surface area (Å²) in [5, 5.41) is 11.4. The lowest BCUT2D eigenvalue weighted by molar-refractivity contribution is -0.154. The van der Waals surface area contributed by atoms with Crippen LogP contribution in [0.15, 0.2) is 36.9 Å². The van der Waals surface area contributed by atoms with Gasteiger partial charge in [-0.2, -0.15) is 18.3 Å². The molecule has 4 bridgehead atoms. The number of anilines is 2. The lowest BCUT2D eigenvalue weighted by Crippen LogP contribution is -2.20. The number of aryl methyl sites for hydroxylation is 2. The zero-order chi connectivity index (χ0) is 26.2. The van der Waals surface area contributed by atoms with Crippen molar-refractivity contribution >= 4 is 11.6 Å². The number of alkyl halides is 3. The molecule has 1 atom stereocenters. The Balaban J connectivity index is 1.54. The Morgan fingerprint density at radius 3 is 2.78 bits per heavy atom. The van der Waals surface area contributed by atoms with E-state index in [9.17, 15) is 13.2 Å². The third-order valence-electron chi connectivity index (χ3n) is 5.45. The summed E-state index contributed by atoms with van der Waals surface area (Å²) >= 11 is 0. The molecule has 0 aromatic carbocycles. The van der Waals surface area contributed by atoms with Crippen LogP contribution >= 0.6 is 0 Å². The minimum Gasteiger partial charge on any atom is -0.490 e. The molecule has 1 aliphatic rings. The zero-order valence-corrected chi connectivity index (χ0v) is 20.2. The van der Waals surface area contributed by atoms with Gasteiger partial charge in [0.1, 0.15) is 22.9 Å². The first-order valence-electron chi connectivity index (χ1n) is 11.3. The van der Waals surface area contributed by atoms with Gasteiger partial charge in [0.05, 0.1) is 24.5 Å². The van der Waals surface area contributed by atoms with Gasteiger partial charge in [-0.25, -0.2) is 19.6 Å². The second kappa shape index (κ2) is 9.59. The number of aromatic nitrogens is 7. The third kappa shape index (κ3) is 5.42. The van der Waals surface area contributed by atoms with Crippen LogP contribution in [0.25, 0.3) is 22.5 Å². The average molecular weight is 516 g/mol. The maximum absolute atomic E-state index is 12.8. The maximum atomic E-state index is 12.8. The normalized spacial score (nSPS) is 15.6. The largest absolute Gasteiger partial charge is 0.490 e. The van der Waals surface area contributed by atoms with E-state index in [2.05, 4.69) is 30.5 Å². The fourth-order valence-corrected chi connectivity index (χ4v) is 3.75. The Morgan fingerprint density at radius 2 is 1.97 bits per heavy atom. The summed E-state index contributed by atoms with van der Waals surface area (Å²) in [5.41, 5.74) is 1.38. The second-order valence-electron chi connectivity index (χ2n) is 8.43. The molecule has 37 heavy (non-hydrogen) atoms. The minimum atomic E-state index is -4.51. The highest BCUT2D eigenvalue weighted by molar-refractivity contribution is 5.75. The Kier molecular flexibility index (Phi) is 6.31. The Hall–Kier alpha value is -4.36. The van der Waals surface area contributed by atoms with Gasteiger partial charge in [0.15, 0.2) is 12.4 Å². The van der Waals surface area contributed by atoms with E-state index in [1.165, 1.54) is 10.9 Å². The molecular weight excluding hydrogens is 493 g/mol. The van der Waals surface area contributed by atoms with Gasteiger partial charge in [0.25, 0.3) is 0 Å². The number of halogens is 3. The summed E-state index contributed by atoms with van der Waals surface area (Å²) in [6.45, 7) is 0.707. The molecule has 0 unspecified atom stereocenters. The van der Waals surface area contributed by atoms with Crippen LogP contribution in [0.5, 0.6) is 17.5 Å². The highest BCUT2D eigenvalue weighted by atomic mass is 19.4. The number of nitrogens with one attached hydrogen (secondary N) is 1. The molecule has 0 fully saturated rings. The van der Waals surface area contributed by atoms with Crippen molar-refractivity contribution in [2.45, 2.75) is 25.6 Å². The van der Waals surface area contributed by atoms with Crippen LogP contribution in [0.3, 0.4) is 0 Å². The molecule has 0 amide bonds. The van der Waals surface area contributed by atoms with Crippen LogP contribution in [0, 0.1) is 0 Å². The fourth-order valence-electron chi connectivity index (χ4n) is 3.75. The van der Waals surface area contributed by atoms with Crippen molar-refractivity contribution in [3.63, 3.8) is 0 Å². The van der Waals surface area contributed by atoms with Crippen molar-refractivity contribution < 1.29 is 27.4 Å². The molecule has 5 rings (SSSR count). The molecule has 0 saturated heterocycles. The SMILES string of the molecule is C[C@H]1CCOc2c(cnn2C)-c2nccc(n2)Nc2cc(c(-c3cn(C)nc3OCC(F)(F)F)cn2)O1. The van der Waals surface area contributed by atoms with Crippen molar-refractivity contribution in [3.05, 3.63) is 36.9 Å². The van der Waals surface area contributed by atoms with Crippen LogP contribution in [0.2, 0.25) is 0 Å². The maximum Gasteiger partial charge on any atom is 0.422 e. The molecule has 0 saturated carbocycles. The third-order valence-corrected chi connectivity index (χ3v) is 5.45. The standard InChI is InChI=1S/C23H23F3N8O3/c1-13-5-7-35-22-15(10-29-34(22)3)20-27-6-4-18(31-20)30-19-8-17(37-13)14(9-28-19)16-11-33(2)32-21(16)36-12-23(24,25)26/h4,6,8-11,13H,5,7,12H2,1-3H3,(H,27,28,30,31)/t13-/m0/s1. The molecule has 4 aromatic rings. The number of hydrogen-bond acceptors (Lipinski definition) is 9. The lowest BCUT2D eigenvalue weighted by atomic mass is 10.1. The molecule has 0 spiro atoms. The van der Waals surface area contributed by atoms with Gasteiger partial charge < -0.3 is 19.5 Å². The van der Waals surface area contributed by atoms with Gasteiger partial charge in [-0.3, -0.25) is 4.68 Å². The first-order valence-corrected chi connectivity index (χ1v) is 11.3. The summed E-state index contributed by atoms with van der Waals surface area (Å²) in [6.07, 6.45) is 1.95. The highest BCUT2D eigenvalue weighted by Crippen LogP contribution is 2.38. The molecular formula is C23H23F3N8O3. The molecule has 11 nitrogen and oxygen atoms in total. The van der Waals surface area contributed by atoms with Crippen LogP contribution in [0.1, 0.15) is 13.3 Å². The zero-order valence-electron chi connectivity index (χ0n) is 20.2. The Bertz CT molecular complexity index is 1420. The molecule has 0 radical (unpaired) electrons. The summed E-state index contributed by atoms with van der Waals surface area (Å²) in [6, 6.07) is 3.32. The van der Waals surface area contributed by atoms with Gasteiger partial charge in [-0.05, 0) is 13.0 Å². The predicted octanol–water partition coefficient (Wildman–Crippen LogP) is 3.91. The van der Waals surface area contributed by atoms with Crippen molar-refractivity contribution in [2.24, 2.45) is 14.1 Å². The van der Waals surface area contributed by atoms with E-state index in [-0.39, 0.29) is 12.0 Å². The molecule has 1 aliphatic heterocycles. The molecule has 194 valence electrons. The van der Waals surface area contributed by atoms with E-state index in [1.807, 2.05) is 6.92 Å². The van der Waals surface area contributed by atoms with E-state index < -0.39 is 12.8 Å². The van der Waals surface area contributed by atoms with Crippen molar-refractivity contribution in [2.75, 3.05) is 18.5 Å². The first kappa shape index (κ1) is 24.3. The smallest absolute Gasteiger partial charge is 0.422 e. The van der Waals surface area contributed by atoms with Crippen molar-refractivity contribution in [1.29, 1.82) is 0 Å². The number of fused-ring (bicyclic) bond motifs is 6.